The van der Waals surface area contributed by atoms with Gasteiger partial charge in [-0.25, -0.2) is 4.79 Å². The lowest BCUT2D eigenvalue weighted by atomic mass is 9.98. The van der Waals surface area contributed by atoms with Crippen molar-refractivity contribution in [2.45, 2.75) is 31.5 Å². The predicted octanol–water partition coefficient (Wildman–Crippen LogP) is 2.66. The Morgan fingerprint density at radius 1 is 1.33 bits per heavy atom. The summed E-state index contributed by atoms with van der Waals surface area (Å²) >= 11 is 0. The summed E-state index contributed by atoms with van der Waals surface area (Å²) in [5.41, 5.74) is 1.83. The smallest absolute Gasteiger partial charge is 0.475 e. The predicted molar refractivity (Wildman–Crippen MR) is 98.2 cm³/mol. The molecule has 0 spiro atoms. The molecule has 3 aromatic rings. The lowest BCUT2D eigenvalue weighted by Crippen LogP contribution is -2.26. The summed E-state index contributed by atoms with van der Waals surface area (Å²) in [5.74, 6) is -1.24. The SMILES string of the molecule is COCc1nn(-c2noc(C3CCNCC3)n2)c2ccccc12.O=C(O)C(F)(F)F. The first-order chi connectivity index (χ1) is 14.3. The number of carboxylic acids is 1. The molecule has 1 fully saturated rings. The monoisotopic (exact) mass is 427 g/mol. The van der Waals surface area contributed by atoms with Crippen molar-refractivity contribution in [1.82, 2.24) is 25.2 Å². The van der Waals surface area contributed by atoms with E-state index < -0.39 is 12.1 Å². The molecule has 1 aliphatic rings. The maximum atomic E-state index is 10.6. The van der Waals surface area contributed by atoms with E-state index in [4.69, 9.17) is 19.2 Å². The van der Waals surface area contributed by atoms with Gasteiger partial charge in [0, 0.05) is 18.4 Å². The average molecular weight is 427 g/mol. The first-order valence-corrected chi connectivity index (χ1v) is 9.11. The first-order valence-electron chi connectivity index (χ1n) is 9.11. The number of halogens is 3. The van der Waals surface area contributed by atoms with Crippen LogP contribution in [0.25, 0.3) is 16.9 Å². The molecule has 0 unspecified atom stereocenters. The van der Waals surface area contributed by atoms with Crippen LogP contribution in [0.2, 0.25) is 0 Å². The van der Waals surface area contributed by atoms with Gasteiger partial charge in [-0.05, 0) is 37.2 Å². The molecule has 2 N–H and O–H groups in total. The van der Waals surface area contributed by atoms with Gasteiger partial charge in [-0.3, -0.25) is 0 Å². The van der Waals surface area contributed by atoms with Crippen LogP contribution >= 0.6 is 0 Å². The molecule has 0 bridgehead atoms. The number of piperidine rings is 1. The van der Waals surface area contributed by atoms with E-state index in [1.54, 1.807) is 11.8 Å². The third-order valence-electron chi connectivity index (χ3n) is 4.50. The van der Waals surface area contributed by atoms with E-state index in [1.165, 1.54) is 0 Å². The van der Waals surface area contributed by atoms with Crippen molar-refractivity contribution in [3.63, 3.8) is 0 Å². The van der Waals surface area contributed by atoms with Crippen LogP contribution in [-0.4, -0.2) is 57.4 Å². The number of ether oxygens (including phenoxy) is 1. The molecule has 0 saturated carbocycles. The van der Waals surface area contributed by atoms with E-state index in [0.717, 1.165) is 42.5 Å². The minimum atomic E-state index is -5.08. The Kier molecular flexibility index (Phi) is 6.67. The van der Waals surface area contributed by atoms with Gasteiger partial charge in [-0.15, -0.1) is 0 Å². The summed E-state index contributed by atoms with van der Waals surface area (Å²) in [5, 5.41) is 20.3. The highest BCUT2D eigenvalue weighted by molar-refractivity contribution is 5.82. The minimum Gasteiger partial charge on any atom is -0.475 e. The van der Waals surface area contributed by atoms with Gasteiger partial charge in [0.05, 0.1) is 17.8 Å². The van der Waals surface area contributed by atoms with Crippen molar-refractivity contribution < 1.29 is 32.3 Å². The molecule has 1 aliphatic heterocycles. The van der Waals surface area contributed by atoms with Crippen LogP contribution in [0.4, 0.5) is 13.2 Å². The van der Waals surface area contributed by atoms with Gasteiger partial charge in [-0.2, -0.15) is 27.9 Å². The lowest BCUT2D eigenvalue weighted by molar-refractivity contribution is -0.192. The third kappa shape index (κ3) is 4.94. The summed E-state index contributed by atoms with van der Waals surface area (Å²) < 4.78 is 44.2. The van der Waals surface area contributed by atoms with E-state index in [0.29, 0.717) is 24.4 Å². The van der Waals surface area contributed by atoms with Crippen LogP contribution in [-0.2, 0) is 16.1 Å². The molecule has 12 heteroatoms. The van der Waals surface area contributed by atoms with Gasteiger partial charge in [0.25, 0.3) is 5.95 Å². The zero-order chi connectivity index (χ0) is 21.7. The molecular weight excluding hydrogens is 407 g/mol. The van der Waals surface area contributed by atoms with E-state index in [1.807, 2.05) is 24.3 Å². The number of rotatable bonds is 4. The van der Waals surface area contributed by atoms with Gasteiger partial charge in [0.15, 0.2) is 0 Å². The van der Waals surface area contributed by atoms with Crippen LogP contribution in [0, 0.1) is 0 Å². The van der Waals surface area contributed by atoms with Crippen molar-refractivity contribution in [2.24, 2.45) is 0 Å². The summed E-state index contributed by atoms with van der Waals surface area (Å²) in [6.45, 7) is 2.43. The molecule has 30 heavy (non-hydrogen) atoms. The highest BCUT2D eigenvalue weighted by atomic mass is 19.4. The van der Waals surface area contributed by atoms with E-state index >= 15 is 0 Å². The molecule has 0 aliphatic carbocycles. The quantitative estimate of drug-likeness (QED) is 0.653. The number of alkyl halides is 3. The van der Waals surface area contributed by atoms with E-state index in [-0.39, 0.29) is 0 Å². The maximum Gasteiger partial charge on any atom is 0.490 e. The second-order valence-electron chi connectivity index (χ2n) is 6.57. The zero-order valence-electron chi connectivity index (χ0n) is 16.0. The second-order valence-corrected chi connectivity index (χ2v) is 6.57. The Morgan fingerprint density at radius 3 is 2.63 bits per heavy atom. The van der Waals surface area contributed by atoms with Gasteiger partial charge < -0.3 is 19.7 Å². The van der Waals surface area contributed by atoms with Crippen LogP contribution in [0.15, 0.2) is 28.8 Å². The summed E-state index contributed by atoms with van der Waals surface area (Å²) in [6.07, 6.45) is -3.03. The molecule has 0 radical (unpaired) electrons. The number of hydrogen-bond donors (Lipinski definition) is 2. The fraction of sp³-hybridized carbons (Fsp3) is 0.444. The molecule has 2 aromatic heterocycles. The average Bonchev–Trinajstić information content (AvgIpc) is 3.34. The Hall–Kier alpha value is -2.99. The normalized spacial score (nSPS) is 15.1. The summed E-state index contributed by atoms with van der Waals surface area (Å²) in [4.78, 5) is 13.5. The fourth-order valence-electron chi connectivity index (χ4n) is 3.07. The second kappa shape index (κ2) is 9.22. The van der Waals surface area contributed by atoms with Gasteiger partial charge in [0.2, 0.25) is 5.89 Å². The minimum absolute atomic E-state index is 0.331. The molecule has 1 saturated heterocycles. The Bertz CT molecular complexity index is 995. The summed E-state index contributed by atoms with van der Waals surface area (Å²) in [6, 6.07) is 8.00. The van der Waals surface area contributed by atoms with Gasteiger partial charge in [0.1, 0.15) is 0 Å². The molecule has 4 rings (SSSR count). The molecule has 0 atom stereocenters. The Labute approximate surface area is 168 Å². The van der Waals surface area contributed by atoms with Crippen LogP contribution in [0.1, 0.15) is 30.3 Å². The van der Waals surface area contributed by atoms with Crippen molar-refractivity contribution >= 4 is 16.9 Å². The number of carbonyl (C=O) groups is 1. The number of carboxylic acid groups (broad SMARTS) is 1. The van der Waals surface area contributed by atoms with Crippen LogP contribution in [0.5, 0.6) is 0 Å². The number of aromatic nitrogens is 4. The third-order valence-corrected chi connectivity index (χ3v) is 4.50. The highest BCUT2D eigenvalue weighted by Crippen LogP contribution is 2.26. The number of methoxy groups -OCH3 is 1. The first kappa shape index (κ1) is 21.7. The van der Waals surface area contributed by atoms with Gasteiger partial charge >= 0.3 is 12.1 Å². The van der Waals surface area contributed by atoms with Crippen molar-refractivity contribution in [1.29, 1.82) is 0 Å². The number of aliphatic carboxylic acids is 1. The molecule has 0 amide bonds. The van der Waals surface area contributed by atoms with Crippen molar-refractivity contribution in [3.8, 4) is 5.95 Å². The number of hydrogen-bond acceptors (Lipinski definition) is 7. The van der Waals surface area contributed by atoms with Crippen molar-refractivity contribution in [2.75, 3.05) is 20.2 Å². The Morgan fingerprint density at radius 2 is 2.00 bits per heavy atom. The number of nitrogens with zero attached hydrogens (tertiary/aromatic N) is 4. The summed E-state index contributed by atoms with van der Waals surface area (Å²) in [7, 11) is 1.66. The molecular formula is C18H20F3N5O4. The molecule has 1 aromatic carbocycles. The van der Waals surface area contributed by atoms with E-state index in [2.05, 4.69) is 20.6 Å². The standard InChI is InChI=1S/C16H19N5O2.C2HF3O2/c1-22-10-13-12-4-2-3-5-14(12)21(19-13)16-18-15(23-20-16)11-6-8-17-9-7-11;3-2(4,5)1(6)7/h2-5,11,17H,6-10H2,1H3;(H,6,7). The highest BCUT2D eigenvalue weighted by Gasteiger charge is 2.38. The number of fused-ring (bicyclic) bond motifs is 1. The lowest BCUT2D eigenvalue weighted by Gasteiger charge is -2.18. The molecule has 162 valence electrons. The molecule has 9 nitrogen and oxygen atoms in total. The number of para-hydroxylation sites is 1. The van der Waals surface area contributed by atoms with Gasteiger partial charge in [-0.1, -0.05) is 18.2 Å². The maximum absolute atomic E-state index is 10.6. The zero-order valence-corrected chi connectivity index (χ0v) is 16.0. The van der Waals surface area contributed by atoms with Crippen molar-refractivity contribution in [3.05, 3.63) is 35.9 Å². The topological polar surface area (TPSA) is 115 Å². The molecule has 3 heterocycles. The largest absolute Gasteiger partial charge is 0.490 e. The fourth-order valence-corrected chi connectivity index (χ4v) is 3.07. The van der Waals surface area contributed by atoms with Crippen LogP contribution < -0.4 is 5.32 Å². The van der Waals surface area contributed by atoms with Crippen LogP contribution in [0.3, 0.4) is 0 Å². The number of benzene rings is 1. The Balaban J connectivity index is 0.000000318. The number of nitrogens with one attached hydrogen (secondary N) is 1. The van der Waals surface area contributed by atoms with E-state index in [9.17, 15) is 13.2 Å².